The summed E-state index contributed by atoms with van der Waals surface area (Å²) >= 11 is 0. The molecule has 0 saturated carbocycles. The minimum Gasteiger partial charge on any atom is -0.0617 e. The third kappa shape index (κ3) is 27.5. The summed E-state index contributed by atoms with van der Waals surface area (Å²) in [7, 11) is 0. The molecule has 0 heteroatoms. The molecule has 0 fully saturated rings. The van der Waals surface area contributed by atoms with E-state index in [1.165, 1.54) is 206 Å². The van der Waals surface area contributed by atoms with Crippen LogP contribution in [0.25, 0.3) is 33.4 Å². The first-order valence-corrected chi connectivity index (χ1v) is 39.2. The fourth-order valence-corrected chi connectivity index (χ4v) is 12.7. The summed E-state index contributed by atoms with van der Waals surface area (Å²) in [6, 6.07) is 90.1. The lowest BCUT2D eigenvalue weighted by Crippen LogP contribution is -2.20. The molecule has 0 saturated heterocycles. The number of hydrogen-bond donors (Lipinski definition) is 0. The van der Waals surface area contributed by atoms with Crippen LogP contribution in [0, 0.1) is 187 Å². The van der Waals surface area contributed by atoms with Gasteiger partial charge in [0.25, 0.3) is 0 Å². The van der Waals surface area contributed by atoms with Crippen LogP contribution >= 0.6 is 0 Å². The van der Waals surface area contributed by atoms with Gasteiger partial charge >= 0.3 is 0 Å². The molecule has 0 nitrogen and oxygen atoms in total. The van der Waals surface area contributed by atoms with Crippen molar-refractivity contribution in [3.8, 4) is 33.4 Å². The van der Waals surface area contributed by atoms with Crippen LogP contribution in [0.2, 0.25) is 0 Å². The van der Waals surface area contributed by atoms with E-state index < -0.39 is 0 Å². The van der Waals surface area contributed by atoms with Crippen molar-refractivity contribution in [3.05, 3.63) is 421 Å². The molecule has 13 aromatic rings. The van der Waals surface area contributed by atoms with Crippen LogP contribution in [0.15, 0.2) is 249 Å². The number of rotatable bonds is 7. The second-order valence-corrected chi connectivity index (χ2v) is 31.9. The van der Waals surface area contributed by atoms with E-state index in [-0.39, 0.29) is 5.41 Å². The Bertz CT molecular complexity index is 4680. The van der Waals surface area contributed by atoms with E-state index in [0.29, 0.717) is 0 Å². The number of aryl methyl sites for hydroxylation is 23. The minimum absolute atomic E-state index is 0.0342. The first-order valence-electron chi connectivity index (χ1n) is 39.2. The van der Waals surface area contributed by atoms with Crippen LogP contribution in [0.3, 0.4) is 0 Å². The summed E-state index contributed by atoms with van der Waals surface area (Å²) in [5, 5.41) is 0. The van der Waals surface area contributed by atoms with Gasteiger partial charge in [0.15, 0.2) is 0 Å². The summed E-state index contributed by atoms with van der Waals surface area (Å²) in [5.41, 5.74) is 50.3. The maximum absolute atomic E-state index is 2.35. The molecular formula is C109H130. The highest BCUT2D eigenvalue weighted by Crippen LogP contribution is 2.36. The van der Waals surface area contributed by atoms with Gasteiger partial charge in [0.1, 0.15) is 0 Å². The molecule has 13 rings (SSSR count). The molecular weight excluding hydrogens is 1310 g/mol. The Balaban J connectivity index is 0.000000198. The highest BCUT2D eigenvalue weighted by molar-refractivity contribution is 5.69. The molecule has 0 aliphatic carbocycles. The van der Waals surface area contributed by atoms with Gasteiger partial charge in [-0.25, -0.2) is 0 Å². The summed E-state index contributed by atoms with van der Waals surface area (Å²) < 4.78 is 0. The average molecular weight is 1440 g/mol. The monoisotopic (exact) mass is 1440 g/mol. The maximum Gasteiger partial charge on any atom is 0.0146 e. The van der Waals surface area contributed by atoms with Gasteiger partial charge in [0.05, 0.1) is 0 Å². The molecule has 566 valence electrons. The summed E-state index contributed by atoms with van der Waals surface area (Å²) in [4.78, 5) is 0. The normalized spacial score (nSPS) is 10.5. The maximum atomic E-state index is 2.35. The van der Waals surface area contributed by atoms with E-state index >= 15 is 0 Å². The standard InChI is InChI=1S/C21H28.C18H22.C16H18.C15H16.C14H14.C9H12.2C8H10/c1-13-9-19(10-14(2)17(13)5)21(7,8)20-11-15(3)18(6)16(4)12-20;1-11-7-17(8-12(2)15(11)5)18-9-13(3)16(6)14(4)10-18;1-11-5-7-15(9-13(11)3)16-8-6-12(2)14(4)10-16;1-12-3-7-14(8-4-12)11-15-9-5-13(2)6-10-15;1-11-3-7-13(8-4-11)14-9-5-12(2)6-10-14;1-7-4-5-8(2)9(3)6-7;1-7-3-5-8(2)6-4-7;1-7-4-3-5-8(2)6-7/h9-12H,1-8H3;7-10H,1-6H3;5-10H,1-4H3;3-10H,11H2,1-2H3;3-10H,1-2H3;4-6H,1-3H3;2*3-6H,1-2H3. The molecule has 0 N–H and O–H groups in total. The van der Waals surface area contributed by atoms with Crippen molar-refractivity contribution < 1.29 is 0 Å². The lowest BCUT2D eigenvalue weighted by atomic mass is 9.75. The van der Waals surface area contributed by atoms with Crippen LogP contribution in [0.1, 0.15) is 186 Å². The Morgan fingerprint density at radius 1 is 0.165 bits per heavy atom. The Labute approximate surface area is 662 Å². The van der Waals surface area contributed by atoms with Crippen LogP contribution < -0.4 is 0 Å². The molecule has 0 amide bonds. The van der Waals surface area contributed by atoms with E-state index in [1.807, 2.05) is 0 Å². The molecule has 0 aliphatic heterocycles. The van der Waals surface area contributed by atoms with Gasteiger partial charge in [-0.1, -0.05) is 313 Å². The molecule has 0 aliphatic rings. The second-order valence-electron chi connectivity index (χ2n) is 31.9. The molecule has 0 heterocycles. The molecule has 109 heavy (non-hydrogen) atoms. The lowest BCUT2D eigenvalue weighted by Gasteiger charge is -2.29. The zero-order valence-corrected chi connectivity index (χ0v) is 72.4. The van der Waals surface area contributed by atoms with Crippen molar-refractivity contribution in [3.63, 3.8) is 0 Å². The van der Waals surface area contributed by atoms with Gasteiger partial charge in [-0.3, -0.25) is 0 Å². The van der Waals surface area contributed by atoms with Crippen molar-refractivity contribution in [1.29, 1.82) is 0 Å². The smallest absolute Gasteiger partial charge is 0.0146 e. The zero-order chi connectivity index (χ0) is 80.6. The highest BCUT2D eigenvalue weighted by Gasteiger charge is 2.25. The highest BCUT2D eigenvalue weighted by atomic mass is 14.3. The van der Waals surface area contributed by atoms with E-state index in [2.05, 4.69) is 450 Å². The van der Waals surface area contributed by atoms with E-state index in [1.54, 1.807) is 0 Å². The fraction of sp³-hybridized carbons (Fsp3) is 0.284. The van der Waals surface area contributed by atoms with Crippen molar-refractivity contribution in [1.82, 2.24) is 0 Å². The molecule has 0 radical (unpaired) electrons. The Morgan fingerprint density at radius 2 is 0.376 bits per heavy atom. The Morgan fingerprint density at radius 3 is 0.624 bits per heavy atom. The molecule has 0 bridgehead atoms. The van der Waals surface area contributed by atoms with Crippen molar-refractivity contribution in [2.24, 2.45) is 0 Å². The Hall–Kier alpha value is -10.1. The first-order chi connectivity index (χ1) is 51.4. The number of hydrogen-bond acceptors (Lipinski definition) is 0. The fourth-order valence-electron chi connectivity index (χ4n) is 12.7. The average Bonchev–Trinajstić information content (AvgIpc) is 0.781. The first kappa shape index (κ1) is 87.8. The topological polar surface area (TPSA) is 0 Å². The van der Waals surface area contributed by atoms with Crippen molar-refractivity contribution >= 4 is 0 Å². The van der Waals surface area contributed by atoms with Crippen LogP contribution in [0.4, 0.5) is 0 Å². The predicted octanol–water partition coefficient (Wildman–Crippen LogP) is 30.7. The zero-order valence-electron chi connectivity index (χ0n) is 72.4. The van der Waals surface area contributed by atoms with Crippen molar-refractivity contribution in [2.75, 3.05) is 0 Å². The van der Waals surface area contributed by atoms with Crippen LogP contribution in [0.5, 0.6) is 0 Å². The molecule has 0 spiro atoms. The molecule has 0 atom stereocenters. The molecule has 13 aromatic carbocycles. The SMILES string of the molecule is Cc1cc(-c2cc(C)c(C)c(C)c2)cc(C)c1C.Cc1cc(C(C)(C)c2cc(C)c(C)c(C)c2)cc(C)c1C.Cc1ccc(-c2ccc(C)c(C)c2)cc1C.Cc1ccc(-c2ccc(C)cc2)cc1.Cc1ccc(C)c(C)c1.Cc1ccc(C)cc1.Cc1ccc(Cc2ccc(C)cc2)cc1.Cc1cccc(C)c1. The van der Waals surface area contributed by atoms with Gasteiger partial charge in [0, 0.05) is 5.41 Å². The van der Waals surface area contributed by atoms with Gasteiger partial charge in [0.2, 0.25) is 0 Å². The van der Waals surface area contributed by atoms with Crippen LogP contribution in [-0.4, -0.2) is 0 Å². The second kappa shape index (κ2) is 41.4. The number of benzene rings is 13. The Kier molecular flexibility index (Phi) is 33.4. The summed E-state index contributed by atoms with van der Waals surface area (Å²) in [6.07, 6.45) is 1.03. The third-order valence-corrected chi connectivity index (χ3v) is 22.0. The van der Waals surface area contributed by atoms with Crippen molar-refractivity contribution in [2.45, 2.75) is 213 Å². The van der Waals surface area contributed by atoms with E-state index in [9.17, 15) is 0 Å². The molecule has 0 aromatic heterocycles. The van der Waals surface area contributed by atoms with E-state index in [0.717, 1.165) is 6.42 Å². The largest absolute Gasteiger partial charge is 0.0617 e. The third-order valence-electron chi connectivity index (χ3n) is 22.0. The summed E-state index contributed by atoms with van der Waals surface area (Å²) in [6.45, 7) is 63.0. The van der Waals surface area contributed by atoms with E-state index in [4.69, 9.17) is 0 Å². The van der Waals surface area contributed by atoms with Gasteiger partial charge in [-0.05, 0) is 349 Å². The minimum atomic E-state index is 0.0342. The van der Waals surface area contributed by atoms with Gasteiger partial charge < -0.3 is 0 Å². The van der Waals surface area contributed by atoms with Gasteiger partial charge in [-0.15, -0.1) is 0 Å². The molecule has 0 unspecified atom stereocenters. The lowest BCUT2D eigenvalue weighted by molar-refractivity contribution is 0.637. The van der Waals surface area contributed by atoms with Crippen LogP contribution in [-0.2, 0) is 11.8 Å². The quantitative estimate of drug-likeness (QED) is 0.149. The summed E-state index contributed by atoms with van der Waals surface area (Å²) in [5.74, 6) is 0. The van der Waals surface area contributed by atoms with Gasteiger partial charge in [-0.2, -0.15) is 0 Å². The predicted molar refractivity (Wildman–Crippen MR) is 484 cm³/mol.